The Hall–Kier alpha value is -0.920. The summed E-state index contributed by atoms with van der Waals surface area (Å²) in [5.41, 5.74) is 5.44. The number of rotatable bonds is 2. The summed E-state index contributed by atoms with van der Waals surface area (Å²) in [6, 6.07) is 1.63. The molecular formula is C6H4ClN5S2. The lowest BCUT2D eigenvalue weighted by molar-refractivity contribution is 1.06. The van der Waals surface area contributed by atoms with Gasteiger partial charge in [0.05, 0.1) is 0 Å². The first-order valence-electron chi connectivity index (χ1n) is 3.48. The first kappa shape index (κ1) is 9.63. The molecule has 5 nitrogen and oxygen atoms in total. The minimum Gasteiger partial charge on any atom is -0.368 e. The zero-order valence-electron chi connectivity index (χ0n) is 6.72. The molecule has 0 atom stereocenters. The fourth-order valence-corrected chi connectivity index (χ4v) is 2.42. The number of nitrogens with zero attached hydrogens (tertiary/aromatic N) is 4. The maximum atomic E-state index is 5.71. The Balaban J connectivity index is 2.25. The second-order valence-corrected chi connectivity index (χ2v) is 4.63. The second-order valence-electron chi connectivity index (χ2n) is 2.20. The number of aromatic nitrogens is 4. The highest BCUT2D eigenvalue weighted by Crippen LogP contribution is 2.27. The number of nitrogens with two attached hydrogens (primary N) is 1. The maximum Gasteiger partial charge on any atom is 0.222 e. The van der Waals surface area contributed by atoms with Crippen LogP contribution in [-0.4, -0.2) is 19.3 Å². The van der Waals surface area contributed by atoms with Crippen molar-refractivity contribution in [3.63, 3.8) is 0 Å². The molecule has 0 fully saturated rings. The van der Waals surface area contributed by atoms with E-state index in [1.807, 2.05) is 0 Å². The molecule has 2 rings (SSSR count). The van der Waals surface area contributed by atoms with Crippen molar-refractivity contribution in [3.05, 3.63) is 17.5 Å². The van der Waals surface area contributed by atoms with E-state index in [0.29, 0.717) is 10.2 Å². The minimum atomic E-state index is 0.157. The van der Waals surface area contributed by atoms with Crippen LogP contribution in [0.1, 0.15) is 0 Å². The van der Waals surface area contributed by atoms with E-state index in [2.05, 4.69) is 19.3 Å². The molecule has 0 aliphatic carbocycles. The summed E-state index contributed by atoms with van der Waals surface area (Å²) in [7, 11) is 0. The van der Waals surface area contributed by atoms with Crippen molar-refractivity contribution in [3.8, 4) is 0 Å². The predicted molar refractivity (Wildman–Crippen MR) is 55.5 cm³/mol. The van der Waals surface area contributed by atoms with Crippen molar-refractivity contribution in [2.75, 3.05) is 5.73 Å². The van der Waals surface area contributed by atoms with Gasteiger partial charge in [-0.2, -0.15) is 4.37 Å². The van der Waals surface area contributed by atoms with Gasteiger partial charge in [-0.3, -0.25) is 0 Å². The number of nitrogen functional groups attached to an aromatic ring is 1. The first-order valence-corrected chi connectivity index (χ1v) is 5.45. The Bertz CT molecular complexity index is 412. The molecule has 0 spiro atoms. The van der Waals surface area contributed by atoms with Crippen molar-refractivity contribution in [2.45, 2.75) is 9.37 Å². The molecule has 2 heterocycles. The van der Waals surface area contributed by atoms with Crippen molar-refractivity contribution in [2.24, 2.45) is 0 Å². The lowest BCUT2D eigenvalue weighted by atomic mass is 10.7. The van der Waals surface area contributed by atoms with Gasteiger partial charge >= 0.3 is 0 Å². The highest BCUT2D eigenvalue weighted by Gasteiger charge is 2.04. The van der Waals surface area contributed by atoms with Crippen molar-refractivity contribution < 1.29 is 0 Å². The van der Waals surface area contributed by atoms with Gasteiger partial charge in [0.2, 0.25) is 5.95 Å². The van der Waals surface area contributed by atoms with Gasteiger partial charge in [0.15, 0.2) is 4.34 Å². The van der Waals surface area contributed by atoms with Crippen molar-refractivity contribution in [1.29, 1.82) is 0 Å². The number of halogens is 1. The van der Waals surface area contributed by atoms with Gasteiger partial charge in [-0.15, -0.1) is 0 Å². The van der Waals surface area contributed by atoms with Crippen LogP contribution in [0.4, 0.5) is 5.95 Å². The van der Waals surface area contributed by atoms with E-state index in [-0.39, 0.29) is 5.95 Å². The van der Waals surface area contributed by atoms with Gasteiger partial charge in [-0.1, -0.05) is 11.6 Å². The van der Waals surface area contributed by atoms with E-state index in [9.17, 15) is 0 Å². The van der Waals surface area contributed by atoms with E-state index in [4.69, 9.17) is 17.3 Å². The van der Waals surface area contributed by atoms with Crippen LogP contribution in [0, 0.1) is 0 Å². The molecule has 8 heteroatoms. The zero-order valence-corrected chi connectivity index (χ0v) is 9.10. The van der Waals surface area contributed by atoms with E-state index >= 15 is 0 Å². The Morgan fingerprint density at radius 1 is 1.43 bits per heavy atom. The lowest BCUT2D eigenvalue weighted by Crippen LogP contribution is -1.95. The number of anilines is 1. The highest BCUT2D eigenvalue weighted by atomic mass is 35.5. The summed E-state index contributed by atoms with van der Waals surface area (Å²) in [6.07, 6.45) is 1.49. The molecule has 0 bridgehead atoms. The molecule has 0 saturated carbocycles. The third kappa shape index (κ3) is 2.31. The third-order valence-electron chi connectivity index (χ3n) is 1.22. The van der Waals surface area contributed by atoms with Crippen molar-refractivity contribution in [1.82, 2.24) is 19.3 Å². The molecular weight excluding hydrogens is 242 g/mol. The first-order chi connectivity index (χ1) is 6.74. The molecule has 0 amide bonds. The van der Waals surface area contributed by atoms with Crippen LogP contribution < -0.4 is 5.73 Å². The van der Waals surface area contributed by atoms with E-state index < -0.39 is 0 Å². The Morgan fingerprint density at radius 3 is 2.93 bits per heavy atom. The zero-order chi connectivity index (χ0) is 9.97. The summed E-state index contributed by atoms with van der Waals surface area (Å²) < 4.78 is 4.66. The monoisotopic (exact) mass is 245 g/mol. The van der Waals surface area contributed by atoms with Gasteiger partial charge < -0.3 is 5.73 Å². The number of hydrogen-bond acceptors (Lipinski definition) is 7. The molecule has 2 aromatic rings. The fourth-order valence-electron chi connectivity index (χ4n) is 0.763. The Kier molecular flexibility index (Phi) is 2.80. The molecule has 14 heavy (non-hydrogen) atoms. The van der Waals surface area contributed by atoms with Gasteiger partial charge in [0.1, 0.15) is 16.5 Å². The standard InChI is InChI=1S/C6H4ClN5S2/c7-3-1-4(12-5(8)11-3)13-6-9-2-10-14-6/h1-2H,(H2,8,11,12). The van der Waals surface area contributed by atoms with Crippen LogP contribution in [0.2, 0.25) is 5.15 Å². The van der Waals surface area contributed by atoms with E-state index in [0.717, 1.165) is 4.34 Å². The molecule has 0 radical (unpaired) electrons. The molecule has 2 N–H and O–H groups in total. The largest absolute Gasteiger partial charge is 0.368 e. The summed E-state index contributed by atoms with van der Waals surface area (Å²) in [6.45, 7) is 0. The Morgan fingerprint density at radius 2 is 2.29 bits per heavy atom. The molecule has 0 aliphatic heterocycles. The Labute approximate surface area is 92.9 Å². The molecule has 2 aromatic heterocycles. The molecule has 0 aromatic carbocycles. The van der Waals surface area contributed by atoms with E-state index in [1.165, 1.54) is 29.6 Å². The molecule has 72 valence electrons. The SMILES string of the molecule is Nc1nc(Cl)cc(Sc2ncns2)n1. The summed E-state index contributed by atoms with van der Waals surface area (Å²) in [5, 5.41) is 0.990. The molecule has 0 aliphatic rings. The highest BCUT2D eigenvalue weighted by molar-refractivity contribution is 8.00. The average molecular weight is 246 g/mol. The summed E-state index contributed by atoms with van der Waals surface area (Å²) in [4.78, 5) is 11.7. The molecule has 0 unspecified atom stereocenters. The topological polar surface area (TPSA) is 77.6 Å². The second kappa shape index (κ2) is 4.07. The van der Waals surface area contributed by atoms with Crippen LogP contribution >= 0.6 is 34.9 Å². The van der Waals surface area contributed by atoms with Crippen molar-refractivity contribution >= 4 is 40.8 Å². The van der Waals surface area contributed by atoms with E-state index in [1.54, 1.807) is 6.07 Å². The van der Waals surface area contributed by atoms with Crippen LogP contribution in [-0.2, 0) is 0 Å². The van der Waals surface area contributed by atoms with Gasteiger partial charge in [0, 0.05) is 6.07 Å². The molecule has 0 saturated heterocycles. The van der Waals surface area contributed by atoms with Crippen LogP contribution in [0.5, 0.6) is 0 Å². The summed E-state index contributed by atoms with van der Waals surface area (Å²) >= 11 is 8.35. The third-order valence-corrected chi connectivity index (χ3v) is 3.05. The quantitative estimate of drug-likeness (QED) is 0.812. The summed E-state index contributed by atoms with van der Waals surface area (Å²) in [5.74, 6) is 0.157. The fraction of sp³-hybridized carbons (Fsp3) is 0. The van der Waals surface area contributed by atoms with Gasteiger partial charge in [0.25, 0.3) is 0 Å². The average Bonchev–Trinajstić information content (AvgIpc) is 2.54. The lowest BCUT2D eigenvalue weighted by Gasteiger charge is -1.98. The maximum absolute atomic E-state index is 5.71. The van der Waals surface area contributed by atoms with Gasteiger partial charge in [-0.25, -0.2) is 15.0 Å². The van der Waals surface area contributed by atoms with Crippen LogP contribution in [0.3, 0.4) is 0 Å². The number of hydrogen-bond donors (Lipinski definition) is 1. The van der Waals surface area contributed by atoms with Crippen LogP contribution in [0.15, 0.2) is 21.8 Å². The smallest absolute Gasteiger partial charge is 0.222 e. The van der Waals surface area contributed by atoms with Gasteiger partial charge in [-0.05, 0) is 23.3 Å². The minimum absolute atomic E-state index is 0.157. The normalized spacial score (nSPS) is 10.4. The van der Waals surface area contributed by atoms with Crippen LogP contribution in [0.25, 0.3) is 0 Å². The predicted octanol–water partition coefficient (Wildman–Crippen LogP) is 1.71.